The van der Waals surface area contributed by atoms with Crippen LogP contribution >= 0.6 is 22.6 Å². The Morgan fingerprint density at radius 1 is 1.19 bits per heavy atom. The van der Waals surface area contributed by atoms with E-state index in [1.165, 1.54) is 12.1 Å². The molecule has 0 fully saturated rings. The third-order valence-electron chi connectivity index (χ3n) is 3.37. The Morgan fingerprint density at radius 2 is 1.95 bits per heavy atom. The summed E-state index contributed by atoms with van der Waals surface area (Å²) in [5.74, 6) is 0.518. The minimum absolute atomic E-state index is 0.146. The van der Waals surface area contributed by atoms with Crippen molar-refractivity contribution in [2.75, 3.05) is 0 Å². The molecule has 1 aromatic heterocycles. The number of halogens is 2. The highest BCUT2D eigenvalue weighted by atomic mass is 127. The fourth-order valence-electron chi connectivity index (χ4n) is 2.47. The first-order chi connectivity index (χ1) is 9.97. The molecule has 3 aromatic rings. The van der Waals surface area contributed by atoms with Crippen LogP contribution in [0, 0.1) is 9.39 Å². The Labute approximate surface area is 135 Å². The van der Waals surface area contributed by atoms with E-state index in [-0.39, 0.29) is 17.6 Å². The zero-order chi connectivity index (χ0) is 15.1. The number of rotatable bonds is 2. The summed E-state index contributed by atoms with van der Waals surface area (Å²) in [6.45, 7) is 4.08. The molecule has 0 radical (unpaired) electrons. The number of benzene rings is 2. The highest BCUT2D eigenvalue weighted by Gasteiger charge is 2.18. The predicted octanol–water partition coefficient (Wildman–Crippen LogP) is 4.73. The number of aromatic nitrogens is 2. The maximum atomic E-state index is 13.4. The van der Waals surface area contributed by atoms with Crippen LogP contribution in [0.5, 0.6) is 5.75 Å². The highest BCUT2D eigenvalue weighted by molar-refractivity contribution is 14.1. The molecule has 1 heterocycles. The Kier molecular flexibility index (Phi) is 3.61. The first kappa shape index (κ1) is 14.3. The highest BCUT2D eigenvalue weighted by Crippen LogP contribution is 2.34. The lowest BCUT2D eigenvalue weighted by atomic mass is 10.2. The van der Waals surface area contributed by atoms with E-state index in [2.05, 4.69) is 27.6 Å². The molecule has 21 heavy (non-hydrogen) atoms. The van der Waals surface area contributed by atoms with Gasteiger partial charge in [0.25, 0.3) is 0 Å². The summed E-state index contributed by atoms with van der Waals surface area (Å²) in [4.78, 5) is 4.53. The molecule has 0 aliphatic heterocycles. The molecular formula is C16H14FIN2O. The van der Waals surface area contributed by atoms with Gasteiger partial charge in [0.15, 0.2) is 0 Å². The SMILES string of the molecule is CC(C)n1c(-c2cc(I)ccc2O)nc2cc(F)ccc21. The smallest absolute Gasteiger partial charge is 0.145 e. The van der Waals surface area contributed by atoms with Crippen LogP contribution in [0.2, 0.25) is 0 Å². The van der Waals surface area contributed by atoms with E-state index in [0.717, 1.165) is 9.09 Å². The van der Waals surface area contributed by atoms with Crippen molar-refractivity contribution in [1.29, 1.82) is 0 Å². The second kappa shape index (κ2) is 5.29. The molecule has 3 nitrogen and oxygen atoms in total. The van der Waals surface area contributed by atoms with Gasteiger partial charge in [0.05, 0.1) is 16.6 Å². The van der Waals surface area contributed by atoms with Gasteiger partial charge >= 0.3 is 0 Å². The molecule has 0 aliphatic carbocycles. The Bertz CT molecular complexity index is 827. The lowest BCUT2D eigenvalue weighted by Gasteiger charge is -2.14. The van der Waals surface area contributed by atoms with E-state index in [0.29, 0.717) is 16.9 Å². The molecule has 0 atom stereocenters. The summed E-state index contributed by atoms with van der Waals surface area (Å²) in [5, 5.41) is 10.1. The number of fused-ring (bicyclic) bond motifs is 1. The van der Waals surface area contributed by atoms with Crippen LogP contribution in [0.4, 0.5) is 4.39 Å². The molecule has 0 bridgehead atoms. The van der Waals surface area contributed by atoms with Crippen LogP contribution in [-0.4, -0.2) is 14.7 Å². The molecule has 0 aliphatic rings. The van der Waals surface area contributed by atoms with Crippen LogP contribution in [0.1, 0.15) is 19.9 Å². The first-order valence-corrected chi connectivity index (χ1v) is 7.71. The number of hydrogen-bond donors (Lipinski definition) is 1. The number of imidazole rings is 1. The molecule has 0 saturated carbocycles. The van der Waals surface area contributed by atoms with E-state index in [4.69, 9.17) is 0 Å². The molecule has 108 valence electrons. The van der Waals surface area contributed by atoms with Crippen molar-refractivity contribution in [3.05, 3.63) is 45.8 Å². The zero-order valence-electron chi connectivity index (χ0n) is 11.6. The molecular weight excluding hydrogens is 382 g/mol. The van der Waals surface area contributed by atoms with Crippen LogP contribution in [-0.2, 0) is 0 Å². The van der Waals surface area contributed by atoms with E-state index in [9.17, 15) is 9.50 Å². The average Bonchev–Trinajstić information content (AvgIpc) is 2.79. The largest absolute Gasteiger partial charge is 0.507 e. The van der Waals surface area contributed by atoms with Crippen LogP contribution in [0.3, 0.4) is 0 Å². The van der Waals surface area contributed by atoms with Crippen LogP contribution < -0.4 is 0 Å². The predicted molar refractivity (Wildman–Crippen MR) is 89.9 cm³/mol. The summed E-state index contributed by atoms with van der Waals surface area (Å²) >= 11 is 2.19. The van der Waals surface area contributed by atoms with Crippen molar-refractivity contribution >= 4 is 33.6 Å². The van der Waals surface area contributed by atoms with E-state index in [1.54, 1.807) is 12.1 Å². The second-order valence-corrected chi connectivity index (χ2v) is 6.44. The number of hydrogen-bond acceptors (Lipinski definition) is 2. The number of phenolic OH excluding ortho intramolecular Hbond substituents is 1. The average molecular weight is 396 g/mol. The molecule has 2 aromatic carbocycles. The van der Waals surface area contributed by atoms with Crippen molar-refractivity contribution in [2.24, 2.45) is 0 Å². The maximum absolute atomic E-state index is 13.4. The minimum Gasteiger partial charge on any atom is -0.507 e. The fraction of sp³-hybridized carbons (Fsp3) is 0.188. The quantitative estimate of drug-likeness (QED) is 0.636. The monoisotopic (exact) mass is 396 g/mol. The van der Waals surface area contributed by atoms with Gasteiger partial charge in [-0.2, -0.15) is 0 Å². The normalized spacial score (nSPS) is 11.5. The maximum Gasteiger partial charge on any atom is 0.145 e. The van der Waals surface area contributed by atoms with Crippen molar-refractivity contribution in [1.82, 2.24) is 9.55 Å². The van der Waals surface area contributed by atoms with Gasteiger partial charge in [-0.05, 0) is 66.8 Å². The first-order valence-electron chi connectivity index (χ1n) is 6.63. The number of nitrogens with zero attached hydrogens (tertiary/aromatic N) is 2. The van der Waals surface area contributed by atoms with Crippen molar-refractivity contribution in [2.45, 2.75) is 19.9 Å². The van der Waals surface area contributed by atoms with Gasteiger partial charge in [0, 0.05) is 15.7 Å². The van der Waals surface area contributed by atoms with Crippen LogP contribution in [0.25, 0.3) is 22.4 Å². The summed E-state index contributed by atoms with van der Waals surface area (Å²) in [7, 11) is 0. The summed E-state index contributed by atoms with van der Waals surface area (Å²) in [5.41, 5.74) is 2.11. The lowest BCUT2D eigenvalue weighted by Crippen LogP contribution is -2.03. The van der Waals surface area contributed by atoms with Crippen LogP contribution in [0.15, 0.2) is 36.4 Å². The topological polar surface area (TPSA) is 38.0 Å². The van der Waals surface area contributed by atoms with Gasteiger partial charge in [0.1, 0.15) is 17.4 Å². The van der Waals surface area contributed by atoms with Gasteiger partial charge in [0.2, 0.25) is 0 Å². The fourth-order valence-corrected chi connectivity index (χ4v) is 2.96. The van der Waals surface area contributed by atoms with Crippen molar-refractivity contribution in [3.63, 3.8) is 0 Å². The second-order valence-electron chi connectivity index (χ2n) is 5.19. The molecule has 0 spiro atoms. The minimum atomic E-state index is -0.311. The van der Waals surface area contributed by atoms with Crippen molar-refractivity contribution in [3.8, 4) is 17.1 Å². The summed E-state index contributed by atoms with van der Waals surface area (Å²) in [6.07, 6.45) is 0. The lowest BCUT2D eigenvalue weighted by molar-refractivity contribution is 0.476. The number of phenols is 1. The molecule has 5 heteroatoms. The van der Waals surface area contributed by atoms with Gasteiger partial charge in [-0.1, -0.05) is 0 Å². The third-order valence-corrected chi connectivity index (χ3v) is 4.04. The van der Waals surface area contributed by atoms with Gasteiger partial charge in [-0.25, -0.2) is 9.37 Å². The Balaban J connectivity index is 2.36. The van der Waals surface area contributed by atoms with Gasteiger partial charge < -0.3 is 9.67 Å². The molecule has 0 amide bonds. The molecule has 0 unspecified atom stereocenters. The van der Waals surface area contributed by atoms with Gasteiger partial charge in [-0.15, -0.1) is 0 Å². The molecule has 0 saturated heterocycles. The summed E-state index contributed by atoms with van der Waals surface area (Å²) in [6, 6.07) is 10.1. The summed E-state index contributed by atoms with van der Waals surface area (Å²) < 4.78 is 16.4. The Hall–Kier alpha value is -1.63. The zero-order valence-corrected chi connectivity index (χ0v) is 13.8. The van der Waals surface area contributed by atoms with Gasteiger partial charge in [-0.3, -0.25) is 0 Å². The standard InChI is InChI=1S/C16H14FIN2O/c1-9(2)20-14-5-3-10(17)7-13(14)19-16(20)12-8-11(18)4-6-15(12)21/h3-9,21H,1-2H3. The third kappa shape index (κ3) is 2.50. The molecule has 1 N–H and O–H groups in total. The Morgan fingerprint density at radius 3 is 2.67 bits per heavy atom. The number of aromatic hydroxyl groups is 1. The van der Waals surface area contributed by atoms with E-state index >= 15 is 0 Å². The van der Waals surface area contributed by atoms with E-state index < -0.39 is 0 Å². The van der Waals surface area contributed by atoms with E-state index in [1.807, 2.05) is 30.5 Å². The molecule has 3 rings (SSSR count). The van der Waals surface area contributed by atoms with Crippen molar-refractivity contribution < 1.29 is 9.50 Å².